The van der Waals surface area contributed by atoms with E-state index < -0.39 is 0 Å². The molecule has 2 aromatic rings. The number of hydrogen-bond acceptors (Lipinski definition) is 0. The Kier molecular flexibility index (Phi) is 5.68. The van der Waals surface area contributed by atoms with E-state index >= 15 is 0 Å². The van der Waals surface area contributed by atoms with Gasteiger partial charge in [0.25, 0.3) is 0 Å². The third kappa shape index (κ3) is 4.55. The lowest BCUT2D eigenvalue weighted by Gasteiger charge is -2.04. The van der Waals surface area contributed by atoms with Gasteiger partial charge >= 0.3 is 0 Å². The van der Waals surface area contributed by atoms with Gasteiger partial charge in [-0.2, -0.15) is 0 Å². The van der Waals surface area contributed by atoms with Crippen LogP contribution in [-0.2, 0) is 6.42 Å². The predicted molar refractivity (Wildman–Crippen MR) is 85.6 cm³/mol. The molecular formula is C19H24. The van der Waals surface area contributed by atoms with E-state index in [-0.39, 0.29) is 0 Å². The van der Waals surface area contributed by atoms with Gasteiger partial charge in [0.2, 0.25) is 0 Å². The lowest BCUT2D eigenvalue weighted by molar-refractivity contribution is 0.646. The van der Waals surface area contributed by atoms with E-state index in [0.717, 1.165) is 0 Å². The second kappa shape index (κ2) is 7.78. The van der Waals surface area contributed by atoms with Crippen molar-refractivity contribution in [3.63, 3.8) is 0 Å². The van der Waals surface area contributed by atoms with Crippen LogP contribution in [0.3, 0.4) is 0 Å². The van der Waals surface area contributed by atoms with Gasteiger partial charge in [-0.25, -0.2) is 0 Å². The van der Waals surface area contributed by atoms with Crippen molar-refractivity contribution in [1.82, 2.24) is 0 Å². The molecule has 100 valence electrons. The molecule has 0 bridgehead atoms. The average Bonchev–Trinajstić information content (AvgIpc) is 2.46. The van der Waals surface area contributed by atoms with Crippen LogP contribution in [0.15, 0.2) is 54.6 Å². The Morgan fingerprint density at radius 2 is 1.63 bits per heavy atom. The molecule has 0 aromatic heterocycles. The molecule has 0 saturated heterocycles. The Labute approximate surface area is 117 Å². The van der Waals surface area contributed by atoms with Gasteiger partial charge in [-0.1, -0.05) is 67.5 Å². The van der Waals surface area contributed by atoms with Gasteiger partial charge in [-0.3, -0.25) is 0 Å². The fraction of sp³-hybridized carbons (Fsp3) is 0.368. The van der Waals surface area contributed by atoms with Gasteiger partial charge in [0, 0.05) is 0 Å². The molecule has 0 nitrogen and oxygen atoms in total. The summed E-state index contributed by atoms with van der Waals surface area (Å²) in [6, 6.07) is 15.5. The molecule has 2 rings (SSSR count). The molecule has 2 aromatic carbocycles. The van der Waals surface area contributed by atoms with Crippen LogP contribution in [0.25, 0.3) is 10.8 Å². The van der Waals surface area contributed by atoms with Gasteiger partial charge in [-0.15, -0.1) is 0 Å². The summed E-state index contributed by atoms with van der Waals surface area (Å²) < 4.78 is 0. The first-order chi connectivity index (χ1) is 9.40. The molecule has 19 heavy (non-hydrogen) atoms. The van der Waals surface area contributed by atoms with Crippen molar-refractivity contribution in [1.29, 1.82) is 0 Å². The van der Waals surface area contributed by atoms with E-state index in [0.29, 0.717) is 0 Å². The average molecular weight is 252 g/mol. The highest BCUT2D eigenvalue weighted by Crippen LogP contribution is 2.17. The highest BCUT2D eigenvalue weighted by atomic mass is 14.0. The monoisotopic (exact) mass is 252 g/mol. The lowest BCUT2D eigenvalue weighted by atomic mass is 10.0. The Balaban J connectivity index is 1.75. The third-order valence-electron chi connectivity index (χ3n) is 3.64. The molecule has 0 atom stereocenters. The zero-order valence-corrected chi connectivity index (χ0v) is 11.9. The molecule has 0 N–H and O–H groups in total. The SMILES string of the molecule is C/C=C/CCCCCCc1ccc2ccccc2c1. The van der Waals surface area contributed by atoms with Crippen LogP contribution >= 0.6 is 0 Å². The standard InChI is InChI=1S/C19H24/c1-2-3-4-5-6-7-8-11-17-14-15-18-12-9-10-13-19(18)16-17/h2-3,9-10,12-16H,4-8,11H2,1H3/b3-2+. The zero-order valence-electron chi connectivity index (χ0n) is 11.9. The van der Waals surface area contributed by atoms with E-state index in [1.165, 1.54) is 54.9 Å². The first-order valence-electron chi connectivity index (χ1n) is 7.49. The largest absolute Gasteiger partial charge is 0.0917 e. The van der Waals surface area contributed by atoms with E-state index in [1.54, 1.807) is 0 Å². The molecule has 0 heterocycles. The summed E-state index contributed by atoms with van der Waals surface area (Å²) in [6.45, 7) is 2.10. The Morgan fingerprint density at radius 1 is 0.842 bits per heavy atom. The summed E-state index contributed by atoms with van der Waals surface area (Å²) >= 11 is 0. The number of hydrogen-bond donors (Lipinski definition) is 0. The third-order valence-corrected chi connectivity index (χ3v) is 3.64. The van der Waals surface area contributed by atoms with Crippen molar-refractivity contribution in [2.75, 3.05) is 0 Å². The van der Waals surface area contributed by atoms with Crippen molar-refractivity contribution >= 4 is 10.8 Å². The molecule has 0 aliphatic carbocycles. The molecule has 0 radical (unpaired) electrons. The maximum absolute atomic E-state index is 2.34. The Morgan fingerprint density at radius 3 is 2.47 bits per heavy atom. The fourth-order valence-corrected chi connectivity index (χ4v) is 2.51. The van der Waals surface area contributed by atoms with Crippen LogP contribution in [0.2, 0.25) is 0 Å². The van der Waals surface area contributed by atoms with E-state index in [1.807, 2.05) is 0 Å². The topological polar surface area (TPSA) is 0 Å². The number of aryl methyl sites for hydroxylation is 1. The highest BCUT2D eigenvalue weighted by Gasteiger charge is 1.96. The van der Waals surface area contributed by atoms with E-state index in [4.69, 9.17) is 0 Å². The van der Waals surface area contributed by atoms with E-state index in [2.05, 4.69) is 61.5 Å². The maximum atomic E-state index is 2.34. The van der Waals surface area contributed by atoms with Crippen molar-refractivity contribution in [2.45, 2.75) is 45.4 Å². The smallest absolute Gasteiger partial charge is 0.0181 e. The Hall–Kier alpha value is -1.56. The number of unbranched alkanes of at least 4 members (excludes halogenated alkanes) is 4. The minimum Gasteiger partial charge on any atom is -0.0917 e. The van der Waals surface area contributed by atoms with Crippen molar-refractivity contribution in [3.05, 3.63) is 60.2 Å². The van der Waals surface area contributed by atoms with Gasteiger partial charge in [0.1, 0.15) is 0 Å². The number of allylic oxidation sites excluding steroid dienone is 2. The van der Waals surface area contributed by atoms with Crippen molar-refractivity contribution < 1.29 is 0 Å². The van der Waals surface area contributed by atoms with Crippen LogP contribution in [0.4, 0.5) is 0 Å². The summed E-state index contributed by atoms with van der Waals surface area (Å²) in [6.07, 6.45) is 12.2. The van der Waals surface area contributed by atoms with Gasteiger partial charge in [0.05, 0.1) is 0 Å². The van der Waals surface area contributed by atoms with Crippen molar-refractivity contribution in [3.8, 4) is 0 Å². The van der Waals surface area contributed by atoms with Crippen LogP contribution in [0, 0.1) is 0 Å². The molecule has 0 aliphatic heterocycles. The number of fused-ring (bicyclic) bond motifs is 1. The fourth-order valence-electron chi connectivity index (χ4n) is 2.51. The second-order valence-electron chi connectivity index (χ2n) is 5.20. The summed E-state index contributed by atoms with van der Waals surface area (Å²) in [7, 11) is 0. The van der Waals surface area contributed by atoms with E-state index in [9.17, 15) is 0 Å². The highest BCUT2D eigenvalue weighted by molar-refractivity contribution is 5.82. The van der Waals surface area contributed by atoms with Gasteiger partial charge in [0.15, 0.2) is 0 Å². The summed E-state index contributed by atoms with van der Waals surface area (Å²) in [5, 5.41) is 2.71. The quantitative estimate of drug-likeness (QED) is 0.424. The van der Waals surface area contributed by atoms with Gasteiger partial charge < -0.3 is 0 Å². The van der Waals surface area contributed by atoms with Crippen molar-refractivity contribution in [2.24, 2.45) is 0 Å². The predicted octanol–water partition coefficient (Wildman–Crippen LogP) is 5.91. The van der Waals surface area contributed by atoms with Gasteiger partial charge in [-0.05, 0) is 48.9 Å². The first kappa shape index (κ1) is 13.9. The van der Waals surface area contributed by atoms with Crippen LogP contribution in [0.1, 0.15) is 44.6 Å². The second-order valence-corrected chi connectivity index (χ2v) is 5.20. The molecule has 0 amide bonds. The van der Waals surface area contributed by atoms with Crippen LogP contribution in [-0.4, -0.2) is 0 Å². The molecule has 0 fully saturated rings. The minimum atomic E-state index is 1.22. The number of rotatable bonds is 7. The molecule has 0 unspecified atom stereocenters. The summed E-state index contributed by atoms with van der Waals surface area (Å²) in [5.41, 5.74) is 1.48. The molecule has 0 aliphatic rings. The Bertz CT molecular complexity index is 522. The summed E-state index contributed by atoms with van der Waals surface area (Å²) in [5.74, 6) is 0. The number of benzene rings is 2. The maximum Gasteiger partial charge on any atom is -0.0181 e. The van der Waals surface area contributed by atoms with Crippen LogP contribution < -0.4 is 0 Å². The normalized spacial score (nSPS) is 11.4. The first-order valence-corrected chi connectivity index (χ1v) is 7.49. The molecule has 0 spiro atoms. The lowest BCUT2D eigenvalue weighted by Crippen LogP contribution is -1.86. The molecule has 0 saturated carbocycles. The van der Waals surface area contributed by atoms with Crippen LogP contribution in [0.5, 0.6) is 0 Å². The zero-order chi connectivity index (χ0) is 13.3. The molecular weight excluding hydrogens is 228 g/mol. The molecule has 0 heteroatoms. The minimum absolute atomic E-state index is 1.22. The summed E-state index contributed by atoms with van der Waals surface area (Å²) in [4.78, 5) is 0.